The lowest BCUT2D eigenvalue weighted by atomic mass is 10.1. The zero-order valence-electron chi connectivity index (χ0n) is 18.3. The van der Waals surface area contributed by atoms with Crippen molar-refractivity contribution in [1.82, 2.24) is 14.9 Å². The molecule has 4 aromatic rings. The van der Waals surface area contributed by atoms with Crippen molar-refractivity contribution in [2.75, 3.05) is 6.61 Å². The Hall–Kier alpha value is -3.31. The number of halogens is 1. The minimum Gasteiger partial charge on any atom is -0.493 e. The largest absolute Gasteiger partial charge is 0.493 e. The molecule has 0 spiro atoms. The van der Waals surface area contributed by atoms with Crippen LogP contribution in [0.2, 0.25) is 5.02 Å². The number of hydrogen-bond donors (Lipinski definition) is 1. The van der Waals surface area contributed by atoms with E-state index < -0.39 is 0 Å². The summed E-state index contributed by atoms with van der Waals surface area (Å²) in [7, 11) is 0. The van der Waals surface area contributed by atoms with Crippen LogP contribution < -0.4 is 10.1 Å². The molecule has 0 saturated heterocycles. The average Bonchev–Trinajstić information content (AvgIpc) is 3.14. The van der Waals surface area contributed by atoms with Gasteiger partial charge in [-0.05, 0) is 68.3 Å². The van der Waals surface area contributed by atoms with Crippen LogP contribution in [0.4, 0.5) is 0 Å². The van der Waals surface area contributed by atoms with Crippen molar-refractivity contribution in [1.29, 1.82) is 0 Å². The Morgan fingerprint density at radius 3 is 2.62 bits per heavy atom. The lowest BCUT2D eigenvalue weighted by Gasteiger charge is -2.12. The number of aromatic nitrogens is 2. The van der Waals surface area contributed by atoms with Crippen molar-refractivity contribution in [3.05, 3.63) is 94.3 Å². The molecule has 1 amide bonds. The van der Waals surface area contributed by atoms with Crippen LogP contribution in [0.25, 0.3) is 11.0 Å². The van der Waals surface area contributed by atoms with E-state index >= 15 is 0 Å². The maximum Gasteiger partial charge on any atom is 0.251 e. The standard InChI is InChI=1S/C26H26ClN3O2/c1-18-8-13-24(19(2)16-18)32-15-5-14-30-23-7-4-3-6-22(23)29-25(30)17-28-26(31)20-9-11-21(27)12-10-20/h3-4,6-13,16H,5,14-15,17H2,1-2H3,(H,28,31). The Morgan fingerprint density at radius 2 is 1.84 bits per heavy atom. The second kappa shape index (κ2) is 9.88. The number of nitrogens with one attached hydrogen (secondary N) is 1. The zero-order valence-corrected chi connectivity index (χ0v) is 19.0. The molecule has 0 fully saturated rings. The summed E-state index contributed by atoms with van der Waals surface area (Å²) in [5, 5.41) is 3.57. The molecule has 0 bridgehead atoms. The highest BCUT2D eigenvalue weighted by Crippen LogP contribution is 2.20. The van der Waals surface area contributed by atoms with Crippen LogP contribution >= 0.6 is 11.6 Å². The normalized spacial score (nSPS) is 11.0. The number of aryl methyl sites for hydroxylation is 3. The van der Waals surface area contributed by atoms with Crippen molar-refractivity contribution in [2.45, 2.75) is 33.4 Å². The van der Waals surface area contributed by atoms with E-state index in [-0.39, 0.29) is 5.91 Å². The Bertz CT molecular complexity index is 1230. The van der Waals surface area contributed by atoms with Gasteiger partial charge in [-0.3, -0.25) is 4.79 Å². The lowest BCUT2D eigenvalue weighted by Crippen LogP contribution is -2.25. The number of rotatable bonds is 8. The van der Waals surface area contributed by atoms with Crippen molar-refractivity contribution in [3.63, 3.8) is 0 Å². The van der Waals surface area contributed by atoms with Gasteiger partial charge in [-0.2, -0.15) is 0 Å². The molecule has 164 valence electrons. The lowest BCUT2D eigenvalue weighted by molar-refractivity contribution is 0.0949. The van der Waals surface area contributed by atoms with E-state index in [1.54, 1.807) is 24.3 Å². The van der Waals surface area contributed by atoms with Crippen molar-refractivity contribution >= 4 is 28.5 Å². The van der Waals surface area contributed by atoms with Gasteiger partial charge >= 0.3 is 0 Å². The second-order valence-corrected chi connectivity index (χ2v) is 8.27. The Balaban J connectivity index is 1.43. The van der Waals surface area contributed by atoms with Crippen LogP contribution in [0.15, 0.2) is 66.7 Å². The second-order valence-electron chi connectivity index (χ2n) is 7.83. The molecule has 3 aromatic carbocycles. The molecule has 0 atom stereocenters. The minimum absolute atomic E-state index is 0.154. The summed E-state index contributed by atoms with van der Waals surface area (Å²) in [6.07, 6.45) is 0.825. The first-order valence-corrected chi connectivity index (χ1v) is 11.1. The molecule has 0 radical (unpaired) electrons. The molecular formula is C26H26ClN3O2. The summed E-state index contributed by atoms with van der Waals surface area (Å²) < 4.78 is 8.15. The fraction of sp³-hybridized carbons (Fsp3) is 0.231. The first-order valence-electron chi connectivity index (χ1n) is 10.7. The Morgan fingerprint density at radius 1 is 1.06 bits per heavy atom. The maximum atomic E-state index is 12.5. The van der Waals surface area contributed by atoms with Crippen LogP contribution in [0.3, 0.4) is 0 Å². The molecule has 1 aromatic heterocycles. The van der Waals surface area contributed by atoms with E-state index in [1.807, 2.05) is 24.3 Å². The number of carbonyl (C=O) groups excluding carboxylic acids is 1. The topological polar surface area (TPSA) is 56.1 Å². The van der Waals surface area contributed by atoms with Crippen molar-refractivity contribution in [2.24, 2.45) is 0 Å². The van der Waals surface area contributed by atoms with Crippen LogP contribution in [0.5, 0.6) is 5.75 Å². The number of amides is 1. The molecule has 0 aliphatic heterocycles. The summed E-state index contributed by atoms with van der Waals surface area (Å²) >= 11 is 5.92. The van der Waals surface area contributed by atoms with Gasteiger partial charge in [0.1, 0.15) is 11.6 Å². The quantitative estimate of drug-likeness (QED) is 0.352. The summed E-state index contributed by atoms with van der Waals surface area (Å²) in [5.41, 5.74) is 4.90. The molecule has 1 N–H and O–H groups in total. The minimum atomic E-state index is -0.154. The number of carbonyl (C=O) groups is 1. The van der Waals surface area contributed by atoms with Gasteiger partial charge < -0.3 is 14.6 Å². The number of hydrogen-bond acceptors (Lipinski definition) is 3. The molecule has 1 heterocycles. The predicted molar refractivity (Wildman–Crippen MR) is 128 cm³/mol. The summed E-state index contributed by atoms with van der Waals surface area (Å²) in [6, 6.07) is 21.1. The van der Waals surface area contributed by atoms with E-state index in [2.05, 4.69) is 41.9 Å². The van der Waals surface area contributed by atoms with E-state index in [0.29, 0.717) is 23.7 Å². The molecule has 0 aliphatic rings. The third-order valence-corrected chi connectivity index (χ3v) is 5.61. The summed E-state index contributed by atoms with van der Waals surface area (Å²) in [5.74, 6) is 1.58. The van der Waals surface area contributed by atoms with E-state index in [1.165, 1.54) is 5.56 Å². The highest BCUT2D eigenvalue weighted by molar-refractivity contribution is 6.30. The van der Waals surface area contributed by atoms with Crippen molar-refractivity contribution < 1.29 is 9.53 Å². The van der Waals surface area contributed by atoms with Gasteiger partial charge in [0, 0.05) is 17.1 Å². The number of imidazole rings is 1. The predicted octanol–water partition coefficient (Wildman–Crippen LogP) is 5.71. The van der Waals surface area contributed by atoms with E-state index in [9.17, 15) is 4.79 Å². The number of nitrogens with zero attached hydrogens (tertiary/aromatic N) is 2. The van der Waals surface area contributed by atoms with E-state index in [0.717, 1.165) is 41.1 Å². The van der Waals surface area contributed by atoms with E-state index in [4.69, 9.17) is 21.3 Å². The van der Waals surface area contributed by atoms with Crippen LogP contribution in [-0.2, 0) is 13.1 Å². The maximum absolute atomic E-state index is 12.5. The first kappa shape index (κ1) is 21.9. The Kier molecular flexibility index (Phi) is 6.76. The molecule has 0 saturated carbocycles. The molecule has 5 nitrogen and oxygen atoms in total. The van der Waals surface area contributed by atoms with Gasteiger partial charge in [-0.15, -0.1) is 0 Å². The average molecular weight is 448 g/mol. The highest BCUT2D eigenvalue weighted by atomic mass is 35.5. The molecule has 0 aliphatic carbocycles. The smallest absolute Gasteiger partial charge is 0.251 e. The van der Waals surface area contributed by atoms with Crippen LogP contribution in [0.1, 0.15) is 33.7 Å². The molecule has 4 rings (SSSR count). The first-order chi connectivity index (χ1) is 15.5. The monoisotopic (exact) mass is 447 g/mol. The molecule has 6 heteroatoms. The number of para-hydroxylation sites is 2. The third kappa shape index (κ3) is 5.11. The van der Waals surface area contributed by atoms with Crippen molar-refractivity contribution in [3.8, 4) is 5.75 Å². The zero-order chi connectivity index (χ0) is 22.5. The number of benzene rings is 3. The van der Waals surface area contributed by atoms with Crippen LogP contribution in [0, 0.1) is 13.8 Å². The van der Waals surface area contributed by atoms with Gasteiger partial charge in [-0.1, -0.05) is 41.4 Å². The number of ether oxygens (including phenoxy) is 1. The summed E-state index contributed by atoms with van der Waals surface area (Å²) in [6.45, 7) is 5.83. The fourth-order valence-electron chi connectivity index (χ4n) is 3.74. The van der Waals surface area contributed by atoms with Gasteiger partial charge in [-0.25, -0.2) is 4.98 Å². The summed E-state index contributed by atoms with van der Waals surface area (Å²) in [4.78, 5) is 17.3. The van der Waals surface area contributed by atoms with Gasteiger partial charge in [0.2, 0.25) is 0 Å². The molecule has 32 heavy (non-hydrogen) atoms. The highest BCUT2D eigenvalue weighted by Gasteiger charge is 2.12. The van der Waals surface area contributed by atoms with Gasteiger partial charge in [0.05, 0.1) is 24.2 Å². The molecule has 0 unspecified atom stereocenters. The van der Waals surface area contributed by atoms with Crippen LogP contribution in [-0.4, -0.2) is 22.1 Å². The fourth-order valence-corrected chi connectivity index (χ4v) is 3.86. The van der Waals surface area contributed by atoms with Gasteiger partial charge in [0.25, 0.3) is 5.91 Å². The Labute approximate surface area is 193 Å². The van der Waals surface area contributed by atoms with Gasteiger partial charge in [0.15, 0.2) is 0 Å². The SMILES string of the molecule is Cc1ccc(OCCCn2c(CNC(=O)c3ccc(Cl)cc3)nc3ccccc32)c(C)c1. The third-order valence-electron chi connectivity index (χ3n) is 5.36. The number of fused-ring (bicyclic) bond motifs is 1. The molecular weight excluding hydrogens is 422 g/mol.